The van der Waals surface area contributed by atoms with Crippen LogP contribution in [0.2, 0.25) is 0 Å². The van der Waals surface area contributed by atoms with Gasteiger partial charge >= 0.3 is 0 Å². The number of nitrogens with zero attached hydrogens (tertiary/aromatic N) is 1. The van der Waals surface area contributed by atoms with Crippen LogP contribution in [0.1, 0.15) is 60.9 Å². The lowest BCUT2D eigenvalue weighted by atomic mass is 9.92. The number of ether oxygens (including phenoxy) is 1. The number of halogens is 2. The summed E-state index contributed by atoms with van der Waals surface area (Å²) in [7, 11) is 0. The van der Waals surface area contributed by atoms with Gasteiger partial charge in [-0.05, 0) is 46.0 Å². The van der Waals surface area contributed by atoms with E-state index in [9.17, 15) is 13.6 Å². The molecule has 4 rings (SSSR count). The molecular weight excluding hydrogens is 418 g/mol. The Labute approximate surface area is 184 Å². The number of nitrogens with one attached hydrogen (secondary N) is 1. The van der Waals surface area contributed by atoms with Crippen LogP contribution < -0.4 is 10.1 Å². The number of carbonyl (C=O) groups excluding carboxylic acids is 1. The van der Waals surface area contributed by atoms with Gasteiger partial charge < -0.3 is 10.1 Å². The van der Waals surface area contributed by atoms with Crippen LogP contribution in [0.15, 0.2) is 35.0 Å². The molecule has 162 valence electrons. The molecule has 0 spiro atoms. The van der Waals surface area contributed by atoms with Crippen LogP contribution in [0.25, 0.3) is 11.3 Å². The third-order valence-electron chi connectivity index (χ3n) is 5.70. The van der Waals surface area contributed by atoms with E-state index < -0.39 is 11.6 Å². The highest BCUT2D eigenvalue weighted by Crippen LogP contribution is 2.44. The fraction of sp³-hybridized carbons (Fsp3) is 0.333. The van der Waals surface area contributed by atoms with Gasteiger partial charge in [0.15, 0.2) is 0 Å². The van der Waals surface area contributed by atoms with Gasteiger partial charge in [0, 0.05) is 35.6 Å². The van der Waals surface area contributed by atoms with Crippen LogP contribution >= 0.6 is 11.3 Å². The lowest BCUT2D eigenvalue weighted by Gasteiger charge is -2.19. The largest absolute Gasteiger partial charge is 0.490 e. The van der Waals surface area contributed by atoms with E-state index in [4.69, 9.17) is 9.72 Å². The first-order valence-corrected chi connectivity index (χ1v) is 11.2. The Morgan fingerprint density at radius 1 is 1.29 bits per heavy atom. The highest BCUT2D eigenvalue weighted by molar-refractivity contribution is 7.08. The quantitative estimate of drug-likeness (QED) is 0.486. The van der Waals surface area contributed by atoms with Gasteiger partial charge in [-0.1, -0.05) is 20.8 Å². The lowest BCUT2D eigenvalue weighted by molar-refractivity contribution is -0.109. The maximum atomic E-state index is 15.0. The summed E-state index contributed by atoms with van der Waals surface area (Å²) in [5.74, 6) is -0.874. The van der Waals surface area contributed by atoms with Crippen molar-refractivity contribution in [2.45, 2.75) is 38.5 Å². The summed E-state index contributed by atoms with van der Waals surface area (Å²) in [5.41, 5.74) is 3.72. The number of hydrogen-bond acceptors (Lipinski definition) is 4. The van der Waals surface area contributed by atoms with Crippen LogP contribution in [-0.4, -0.2) is 24.5 Å². The summed E-state index contributed by atoms with van der Waals surface area (Å²) < 4.78 is 35.2. The predicted molar refractivity (Wildman–Crippen MR) is 118 cm³/mol. The SMILES string of the molecule is CC(C)c1cc(-c2nc(C(CNC=O)c3ccsc3)cc3c2OCC3C)c(F)cc1F. The molecule has 1 aliphatic heterocycles. The number of pyridine rings is 1. The van der Waals surface area contributed by atoms with E-state index in [0.717, 1.165) is 17.2 Å². The third-order valence-corrected chi connectivity index (χ3v) is 6.40. The number of fused-ring (bicyclic) bond motifs is 1. The molecule has 31 heavy (non-hydrogen) atoms. The Bertz CT molecular complexity index is 1100. The molecule has 0 radical (unpaired) electrons. The highest BCUT2D eigenvalue weighted by Gasteiger charge is 2.30. The molecule has 2 aromatic heterocycles. The van der Waals surface area contributed by atoms with Crippen molar-refractivity contribution >= 4 is 17.7 Å². The summed E-state index contributed by atoms with van der Waals surface area (Å²) in [6.45, 7) is 6.62. The first kappa shape index (κ1) is 21.4. The first-order valence-electron chi connectivity index (χ1n) is 10.3. The van der Waals surface area contributed by atoms with Gasteiger partial charge in [0.25, 0.3) is 0 Å². The number of rotatable bonds is 7. The van der Waals surface area contributed by atoms with Crippen molar-refractivity contribution < 1.29 is 18.3 Å². The van der Waals surface area contributed by atoms with Crippen molar-refractivity contribution in [2.24, 2.45) is 0 Å². The Balaban J connectivity index is 1.92. The summed E-state index contributed by atoms with van der Waals surface area (Å²) >= 11 is 1.56. The van der Waals surface area contributed by atoms with Gasteiger partial charge in [-0.2, -0.15) is 11.3 Å². The molecular formula is C24H24F2N2O2S. The summed E-state index contributed by atoms with van der Waals surface area (Å²) in [5, 5.41) is 6.73. The molecule has 1 aliphatic rings. The lowest BCUT2D eigenvalue weighted by Crippen LogP contribution is -2.21. The van der Waals surface area contributed by atoms with Crippen molar-refractivity contribution in [3.05, 3.63) is 69.0 Å². The second-order valence-corrected chi connectivity index (χ2v) is 8.95. The van der Waals surface area contributed by atoms with Crippen LogP contribution in [0, 0.1) is 11.6 Å². The third kappa shape index (κ3) is 4.06. The number of benzene rings is 1. The zero-order valence-electron chi connectivity index (χ0n) is 17.6. The van der Waals surface area contributed by atoms with E-state index in [0.29, 0.717) is 42.3 Å². The molecule has 2 atom stereocenters. The molecule has 1 aromatic carbocycles. The van der Waals surface area contributed by atoms with Gasteiger partial charge in [0.1, 0.15) is 23.1 Å². The fourth-order valence-electron chi connectivity index (χ4n) is 3.97. The Hall–Kier alpha value is -2.80. The summed E-state index contributed by atoms with van der Waals surface area (Å²) in [4.78, 5) is 15.8. The molecule has 7 heteroatoms. The average Bonchev–Trinajstić information content (AvgIpc) is 3.38. The summed E-state index contributed by atoms with van der Waals surface area (Å²) in [6, 6.07) is 6.44. The minimum atomic E-state index is -0.671. The number of hydrogen-bond donors (Lipinski definition) is 1. The second kappa shape index (κ2) is 8.75. The van der Waals surface area contributed by atoms with Crippen molar-refractivity contribution in [3.63, 3.8) is 0 Å². The molecule has 1 amide bonds. The normalized spacial score (nSPS) is 16.1. The van der Waals surface area contributed by atoms with Crippen LogP contribution in [0.3, 0.4) is 0 Å². The molecule has 0 saturated heterocycles. The summed E-state index contributed by atoms with van der Waals surface area (Å²) in [6.07, 6.45) is 0.661. The molecule has 3 heterocycles. The fourth-order valence-corrected chi connectivity index (χ4v) is 4.69. The minimum absolute atomic E-state index is 0.106. The zero-order valence-corrected chi connectivity index (χ0v) is 18.4. The van der Waals surface area contributed by atoms with Crippen molar-refractivity contribution in [1.29, 1.82) is 0 Å². The maximum Gasteiger partial charge on any atom is 0.207 e. The van der Waals surface area contributed by atoms with E-state index in [1.54, 1.807) is 11.3 Å². The highest BCUT2D eigenvalue weighted by atomic mass is 32.1. The Morgan fingerprint density at radius 3 is 2.77 bits per heavy atom. The average molecular weight is 443 g/mol. The van der Waals surface area contributed by atoms with E-state index in [-0.39, 0.29) is 23.3 Å². The van der Waals surface area contributed by atoms with Gasteiger partial charge in [-0.15, -0.1) is 0 Å². The molecule has 1 N–H and O–H groups in total. The Morgan fingerprint density at radius 2 is 2.10 bits per heavy atom. The van der Waals surface area contributed by atoms with Gasteiger partial charge in [-0.3, -0.25) is 4.79 Å². The topological polar surface area (TPSA) is 51.2 Å². The van der Waals surface area contributed by atoms with Crippen LogP contribution in [0.4, 0.5) is 8.78 Å². The van der Waals surface area contributed by atoms with Gasteiger partial charge in [0.2, 0.25) is 6.41 Å². The van der Waals surface area contributed by atoms with Crippen LogP contribution in [0.5, 0.6) is 5.75 Å². The maximum absolute atomic E-state index is 15.0. The van der Waals surface area contributed by atoms with E-state index in [2.05, 4.69) is 5.32 Å². The molecule has 2 unspecified atom stereocenters. The van der Waals surface area contributed by atoms with Crippen molar-refractivity contribution in [1.82, 2.24) is 10.3 Å². The van der Waals surface area contributed by atoms with E-state index >= 15 is 0 Å². The predicted octanol–water partition coefficient (Wildman–Crippen LogP) is 5.59. The standard InChI is InChI=1S/C24H24F2N2O2S/c1-13(2)16-6-18(21(26)8-20(16)25)23-24-17(14(3)10-30-24)7-22(28-23)19(9-27-12-29)15-4-5-31-11-15/h4-8,11-14,19H,9-10H2,1-3H3,(H,27,29). The van der Waals surface area contributed by atoms with Crippen molar-refractivity contribution in [3.8, 4) is 17.0 Å². The van der Waals surface area contributed by atoms with Crippen molar-refractivity contribution in [2.75, 3.05) is 13.2 Å². The smallest absolute Gasteiger partial charge is 0.207 e. The Kier molecular flexibility index (Phi) is 6.05. The molecule has 4 nitrogen and oxygen atoms in total. The molecule has 0 bridgehead atoms. The zero-order chi connectivity index (χ0) is 22.1. The number of carbonyl (C=O) groups is 1. The van der Waals surface area contributed by atoms with Gasteiger partial charge in [-0.25, -0.2) is 13.8 Å². The second-order valence-electron chi connectivity index (χ2n) is 8.17. The molecule has 0 saturated carbocycles. The number of aromatic nitrogens is 1. The molecule has 3 aromatic rings. The van der Waals surface area contributed by atoms with E-state index in [1.165, 1.54) is 6.07 Å². The number of thiophene rings is 1. The van der Waals surface area contributed by atoms with E-state index in [1.807, 2.05) is 43.7 Å². The van der Waals surface area contributed by atoms with Gasteiger partial charge in [0.05, 0.1) is 12.3 Å². The minimum Gasteiger partial charge on any atom is -0.490 e. The number of amides is 1. The molecule has 0 aliphatic carbocycles. The monoisotopic (exact) mass is 442 g/mol. The molecule has 0 fully saturated rings. The first-order chi connectivity index (χ1) is 14.9. The van der Waals surface area contributed by atoms with Crippen LogP contribution in [-0.2, 0) is 4.79 Å².